The Kier molecular flexibility index (Phi) is 3.97. The van der Waals surface area contributed by atoms with Crippen LogP contribution in [0.5, 0.6) is 0 Å². The first kappa shape index (κ1) is 14.4. The summed E-state index contributed by atoms with van der Waals surface area (Å²) in [5.74, 6) is -0.478. The van der Waals surface area contributed by atoms with Gasteiger partial charge in [0.2, 0.25) is 0 Å². The molecule has 1 N–H and O–H groups in total. The van der Waals surface area contributed by atoms with Crippen LogP contribution in [0.25, 0.3) is 21.7 Å². The Bertz CT molecular complexity index is 792. The predicted octanol–water partition coefficient (Wildman–Crippen LogP) is 3.08. The molecule has 0 aliphatic rings. The highest BCUT2D eigenvalue weighted by Crippen LogP contribution is 2.28. The van der Waals surface area contributed by atoms with E-state index in [1.54, 1.807) is 6.92 Å². The molecule has 0 unspecified atom stereocenters. The maximum Gasteiger partial charge on any atom is 0.361 e. The van der Waals surface area contributed by atoms with Crippen molar-refractivity contribution >= 4 is 17.5 Å². The van der Waals surface area contributed by atoms with Crippen LogP contribution in [0.15, 0.2) is 30.3 Å². The third kappa shape index (κ3) is 2.75. The molecule has 0 spiro atoms. The van der Waals surface area contributed by atoms with E-state index >= 15 is 0 Å². The minimum atomic E-state index is -0.478. The number of nitrogens with zero attached hydrogens (tertiary/aromatic N) is 3. The quantitative estimate of drug-likeness (QED) is 0.748. The second-order valence-corrected chi connectivity index (χ2v) is 5.46. The molecule has 0 atom stereocenters. The van der Waals surface area contributed by atoms with E-state index in [2.05, 4.69) is 19.8 Å². The number of aromatic nitrogens is 4. The first-order valence-electron chi connectivity index (χ1n) is 6.81. The van der Waals surface area contributed by atoms with Crippen LogP contribution in [-0.2, 0) is 4.74 Å². The van der Waals surface area contributed by atoms with E-state index in [1.165, 1.54) is 11.5 Å². The number of aromatic amines is 1. The Hall–Kier alpha value is -2.54. The molecular weight excluding hydrogens is 300 g/mol. The van der Waals surface area contributed by atoms with Crippen molar-refractivity contribution in [3.8, 4) is 21.7 Å². The van der Waals surface area contributed by atoms with E-state index < -0.39 is 5.97 Å². The van der Waals surface area contributed by atoms with E-state index in [0.717, 1.165) is 21.7 Å². The fourth-order valence-electron chi connectivity index (χ4n) is 2.07. The van der Waals surface area contributed by atoms with Gasteiger partial charge in [0.25, 0.3) is 0 Å². The van der Waals surface area contributed by atoms with Crippen LogP contribution in [0.1, 0.15) is 23.1 Å². The van der Waals surface area contributed by atoms with Crippen LogP contribution in [0, 0.1) is 6.92 Å². The summed E-state index contributed by atoms with van der Waals surface area (Å²) >= 11 is 1.46. The Morgan fingerprint density at radius 2 is 1.95 bits per heavy atom. The molecule has 3 rings (SSSR count). The molecule has 112 valence electrons. The molecule has 0 aliphatic heterocycles. The van der Waals surface area contributed by atoms with Gasteiger partial charge in [0.15, 0.2) is 5.69 Å². The van der Waals surface area contributed by atoms with Crippen molar-refractivity contribution in [3.63, 3.8) is 0 Å². The van der Waals surface area contributed by atoms with Crippen LogP contribution < -0.4 is 0 Å². The second-order valence-electron chi connectivity index (χ2n) is 4.65. The number of benzene rings is 1. The summed E-state index contributed by atoms with van der Waals surface area (Å²) in [6.45, 7) is 4.02. The van der Waals surface area contributed by atoms with Gasteiger partial charge in [-0.25, -0.2) is 4.79 Å². The lowest BCUT2D eigenvalue weighted by atomic mass is 10.1. The van der Waals surface area contributed by atoms with E-state index in [9.17, 15) is 4.79 Å². The molecule has 0 aliphatic carbocycles. The molecule has 0 saturated carbocycles. The lowest BCUT2D eigenvalue weighted by Gasteiger charge is -2.02. The summed E-state index contributed by atoms with van der Waals surface area (Å²) in [4.78, 5) is 12.9. The van der Waals surface area contributed by atoms with Crippen molar-refractivity contribution in [3.05, 3.63) is 41.7 Å². The highest BCUT2D eigenvalue weighted by atomic mass is 32.1. The van der Waals surface area contributed by atoms with Gasteiger partial charge >= 0.3 is 5.97 Å². The monoisotopic (exact) mass is 314 g/mol. The summed E-state index contributed by atoms with van der Waals surface area (Å²) in [6, 6.07) is 9.81. The molecule has 2 aromatic heterocycles. The normalized spacial score (nSPS) is 10.6. The molecule has 0 radical (unpaired) electrons. The number of ether oxygens (including phenoxy) is 1. The SMILES string of the molecule is CCOC(=O)c1n[nH]nc1-c1ccc(-c2cc(C)ns2)cc1. The lowest BCUT2D eigenvalue weighted by molar-refractivity contribution is 0.0520. The fourth-order valence-corrected chi connectivity index (χ4v) is 2.83. The molecule has 22 heavy (non-hydrogen) atoms. The van der Waals surface area contributed by atoms with Crippen LogP contribution in [0.4, 0.5) is 0 Å². The molecule has 6 nitrogen and oxygen atoms in total. The van der Waals surface area contributed by atoms with Crippen molar-refractivity contribution in [2.75, 3.05) is 6.61 Å². The Morgan fingerprint density at radius 1 is 1.23 bits per heavy atom. The molecule has 1 aromatic carbocycles. The maximum absolute atomic E-state index is 11.8. The highest BCUT2D eigenvalue weighted by molar-refractivity contribution is 7.09. The van der Waals surface area contributed by atoms with E-state index in [-0.39, 0.29) is 5.69 Å². The van der Waals surface area contributed by atoms with Gasteiger partial charge in [-0.05, 0) is 37.0 Å². The zero-order valence-electron chi connectivity index (χ0n) is 12.2. The minimum Gasteiger partial charge on any atom is -0.461 e. The zero-order valence-corrected chi connectivity index (χ0v) is 13.0. The van der Waals surface area contributed by atoms with Crippen LogP contribution in [-0.4, -0.2) is 32.4 Å². The fraction of sp³-hybridized carbons (Fsp3) is 0.200. The average Bonchev–Trinajstić information content (AvgIpc) is 3.16. The maximum atomic E-state index is 11.8. The topological polar surface area (TPSA) is 80.8 Å². The number of carbonyl (C=O) groups excluding carboxylic acids is 1. The van der Waals surface area contributed by atoms with Gasteiger partial charge in [-0.2, -0.15) is 14.7 Å². The number of hydrogen-bond acceptors (Lipinski definition) is 6. The number of aryl methyl sites for hydroxylation is 1. The number of nitrogens with one attached hydrogen (secondary N) is 1. The number of carbonyl (C=O) groups is 1. The summed E-state index contributed by atoms with van der Waals surface area (Å²) in [5, 5.41) is 10.4. The van der Waals surface area contributed by atoms with Gasteiger partial charge in [-0.3, -0.25) is 0 Å². The first-order valence-corrected chi connectivity index (χ1v) is 7.58. The van der Waals surface area contributed by atoms with Gasteiger partial charge in [-0.1, -0.05) is 24.3 Å². The van der Waals surface area contributed by atoms with E-state index in [0.29, 0.717) is 12.3 Å². The largest absolute Gasteiger partial charge is 0.461 e. The molecule has 0 amide bonds. The molecular formula is C15H14N4O2S. The van der Waals surface area contributed by atoms with Gasteiger partial charge < -0.3 is 4.74 Å². The third-order valence-corrected chi connectivity index (χ3v) is 4.02. The van der Waals surface area contributed by atoms with Crippen LogP contribution in [0.2, 0.25) is 0 Å². The van der Waals surface area contributed by atoms with E-state index in [1.807, 2.05) is 37.3 Å². The molecule has 3 aromatic rings. The smallest absolute Gasteiger partial charge is 0.361 e. The third-order valence-electron chi connectivity index (χ3n) is 3.09. The lowest BCUT2D eigenvalue weighted by Crippen LogP contribution is -2.06. The summed E-state index contributed by atoms with van der Waals surface area (Å²) in [6.07, 6.45) is 0. The summed E-state index contributed by atoms with van der Waals surface area (Å²) < 4.78 is 9.25. The predicted molar refractivity (Wildman–Crippen MR) is 83.6 cm³/mol. The zero-order chi connectivity index (χ0) is 15.5. The van der Waals surface area contributed by atoms with Crippen molar-refractivity contribution in [1.82, 2.24) is 19.8 Å². The van der Waals surface area contributed by atoms with Gasteiger partial charge in [-0.15, -0.1) is 5.10 Å². The molecule has 7 heteroatoms. The van der Waals surface area contributed by atoms with Crippen molar-refractivity contribution in [2.45, 2.75) is 13.8 Å². The molecule has 0 fully saturated rings. The van der Waals surface area contributed by atoms with E-state index in [4.69, 9.17) is 4.74 Å². The number of H-pyrrole nitrogens is 1. The van der Waals surface area contributed by atoms with Crippen LogP contribution in [0.3, 0.4) is 0 Å². The van der Waals surface area contributed by atoms with Crippen molar-refractivity contribution in [2.24, 2.45) is 0 Å². The molecule has 0 bridgehead atoms. The summed E-state index contributed by atoms with van der Waals surface area (Å²) in [7, 11) is 0. The van der Waals surface area contributed by atoms with Crippen LogP contribution >= 0.6 is 11.5 Å². The van der Waals surface area contributed by atoms with Gasteiger partial charge in [0.1, 0.15) is 5.69 Å². The Labute approximate surface area is 131 Å². The molecule has 2 heterocycles. The van der Waals surface area contributed by atoms with Gasteiger partial charge in [0.05, 0.1) is 17.2 Å². The standard InChI is InChI=1S/C15H14N4O2S/c1-3-21-15(20)14-13(16-19-17-14)11-6-4-10(5-7-11)12-8-9(2)18-22-12/h4-8H,3H2,1-2H3,(H,16,17,19). The number of hydrogen-bond donors (Lipinski definition) is 1. The van der Waals surface area contributed by atoms with Gasteiger partial charge in [0, 0.05) is 5.56 Å². The average molecular weight is 314 g/mol. The van der Waals surface area contributed by atoms with Crippen molar-refractivity contribution in [1.29, 1.82) is 0 Å². The summed E-state index contributed by atoms with van der Waals surface area (Å²) in [5.41, 5.74) is 3.58. The highest BCUT2D eigenvalue weighted by Gasteiger charge is 2.18. The van der Waals surface area contributed by atoms with Crippen molar-refractivity contribution < 1.29 is 9.53 Å². The number of rotatable bonds is 4. The Morgan fingerprint density at radius 3 is 2.59 bits per heavy atom. The number of esters is 1. The first-order chi connectivity index (χ1) is 10.7. The second kappa shape index (κ2) is 6.07. The Balaban J connectivity index is 1.91. The molecule has 0 saturated heterocycles. The minimum absolute atomic E-state index is 0.197.